The van der Waals surface area contributed by atoms with Crippen LogP contribution in [-0.4, -0.2) is 38.6 Å². The molecule has 4 rings (SSSR count). The number of amides is 2. The van der Waals surface area contributed by atoms with Gasteiger partial charge in [0.05, 0.1) is 10.6 Å². The molecule has 1 N–H and O–H groups in total. The highest BCUT2D eigenvalue weighted by Crippen LogP contribution is 2.34. The minimum Gasteiger partial charge on any atom is -0.326 e. The fourth-order valence-electron chi connectivity index (χ4n) is 3.48. The molecule has 1 atom stereocenters. The summed E-state index contributed by atoms with van der Waals surface area (Å²) in [6.45, 7) is 4.01. The number of amidine groups is 1. The topological polar surface area (TPSA) is 105 Å². The lowest BCUT2D eigenvalue weighted by molar-refractivity contribution is -0.384. The van der Waals surface area contributed by atoms with Crippen LogP contribution < -0.4 is 5.32 Å². The molecule has 0 radical (unpaired) electrons. The summed E-state index contributed by atoms with van der Waals surface area (Å²) in [5, 5.41) is 15.4. The second kappa shape index (κ2) is 9.66. The quantitative estimate of drug-likeness (QED) is 0.307. The van der Waals surface area contributed by atoms with Crippen LogP contribution in [0.15, 0.2) is 84.4 Å². The molecule has 0 aliphatic carbocycles. The molecule has 2 amide bonds. The summed E-state index contributed by atoms with van der Waals surface area (Å²) in [7, 11) is 0. The monoisotopic (exact) mass is 460 g/mol. The first-order chi connectivity index (χ1) is 16.0. The fraction of sp³-hybridized carbons (Fsp3) is 0.125. The number of benzene rings is 3. The molecule has 1 saturated heterocycles. The zero-order valence-corrected chi connectivity index (χ0v) is 18.3. The second-order valence-electron chi connectivity index (χ2n) is 7.29. The number of aliphatic imine (C=N–C) groups is 1. The normalized spacial score (nSPS) is 16.8. The van der Waals surface area contributed by atoms with Crippen molar-refractivity contribution in [1.29, 1.82) is 0 Å². The lowest BCUT2D eigenvalue weighted by Crippen LogP contribution is -2.33. The maximum absolute atomic E-state index is 13.0. The summed E-state index contributed by atoms with van der Waals surface area (Å²) in [4.78, 5) is 42.1. The summed E-state index contributed by atoms with van der Waals surface area (Å²) in [6.07, 6.45) is 1.57. The number of nitro groups is 1. The van der Waals surface area contributed by atoms with Gasteiger partial charge in [-0.3, -0.25) is 24.6 Å². The van der Waals surface area contributed by atoms with E-state index >= 15 is 0 Å². The largest absolute Gasteiger partial charge is 0.326 e. The molecule has 1 unspecified atom stereocenters. The van der Waals surface area contributed by atoms with Crippen LogP contribution in [0, 0.1) is 10.1 Å². The molecule has 1 aliphatic heterocycles. The standard InChI is InChI=1S/C24H20N4O4S/c1-2-14-27-23(30)21(15-22(29)25-17-10-12-18(13-11-17)28(31)32)33-24(27)26-20-9-5-7-16-6-3-4-8-19(16)20/h2-13,21H,1,14-15H2,(H,25,29). The van der Waals surface area contributed by atoms with E-state index in [1.165, 1.54) is 40.9 Å². The number of anilines is 1. The number of carbonyl (C=O) groups is 2. The number of hydrogen-bond donors (Lipinski definition) is 1. The van der Waals surface area contributed by atoms with Crippen molar-refractivity contribution in [1.82, 2.24) is 4.90 Å². The Morgan fingerprint density at radius 2 is 1.88 bits per heavy atom. The first kappa shape index (κ1) is 22.2. The zero-order chi connectivity index (χ0) is 23.4. The maximum Gasteiger partial charge on any atom is 0.269 e. The third-order valence-electron chi connectivity index (χ3n) is 5.05. The van der Waals surface area contributed by atoms with Crippen LogP contribution in [0.3, 0.4) is 0 Å². The van der Waals surface area contributed by atoms with Gasteiger partial charge in [-0.25, -0.2) is 4.99 Å². The molecule has 33 heavy (non-hydrogen) atoms. The first-order valence-electron chi connectivity index (χ1n) is 10.2. The third kappa shape index (κ3) is 4.93. The van der Waals surface area contributed by atoms with Crippen molar-refractivity contribution in [3.05, 3.63) is 89.5 Å². The molecule has 1 aliphatic rings. The smallest absolute Gasteiger partial charge is 0.269 e. The predicted molar refractivity (Wildman–Crippen MR) is 131 cm³/mol. The van der Waals surface area contributed by atoms with Gasteiger partial charge in [0.25, 0.3) is 5.69 Å². The number of nitrogens with zero attached hydrogens (tertiary/aromatic N) is 3. The molecule has 8 nitrogen and oxygen atoms in total. The van der Waals surface area contributed by atoms with E-state index in [9.17, 15) is 19.7 Å². The van der Waals surface area contributed by atoms with Gasteiger partial charge in [0.15, 0.2) is 5.17 Å². The molecule has 3 aromatic rings. The Morgan fingerprint density at radius 3 is 2.61 bits per heavy atom. The van der Waals surface area contributed by atoms with Gasteiger partial charge >= 0.3 is 0 Å². The van der Waals surface area contributed by atoms with E-state index in [0.29, 0.717) is 10.9 Å². The lowest BCUT2D eigenvalue weighted by atomic mass is 10.1. The average Bonchev–Trinajstić information content (AvgIpc) is 3.08. The molecule has 0 spiro atoms. The Hall–Kier alpha value is -3.98. The number of hydrogen-bond acceptors (Lipinski definition) is 6. The van der Waals surface area contributed by atoms with Crippen molar-refractivity contribution in [2.75, 3.05) is 11.9 Å². The molecular formula is C24H20N4O4S. The lowest BCUT2D eigenvalue weighted by Gasteiger charge is -2.14. The molecule has 166 valence electrons. The van der Waals surface area contributed by atoms with Gasteiger partial charge in [-0.2, -0.15) is 0 Å². The van der Waals surface area contributed by atoms with E-state index in [1.807, 2.05) is 42.5 Å². The number of rotatable bonds is 7. The molecule has 1 heterocycles. The third-order valence-corrected chi connectivity index (χ3v) is 6.22. The minimum atomic E-state index is -0.628. The van der Waals surface area contributed by atoms with Crippen LogP contribution in [0.4, 0.5) is 17.1 Å². The van der Waals surface area contributed by atoms with E-state index in [0.717, 1.165) is 16.5 Å². The highest BCUT2D eigenvalue weighted by Gasteiger charge is 2.38. The first-order valence-corrected chi connectivity index (χ1v) is 11.0. The second-order valence-corrected chi connectivity index (χ2v) is 8.46. The summed E-state index contributed by atoms with van der Waals surface area (Å²) in [6, 6.07) is 19.2. The van der Waals surface area contributed by atoms with E-state index in [-0.39, 0.29) is 30.5 Å². The molecular weight excluding hydrogens is 440 g/mol. The van der Waals surface area contributed by atoms with Crippen LogP contribution >= 0.6 is 11.8 Å². The predicted octanol–water partition coefficient (Wildman–Crippen LogP) is 4.89. The number of fused-ring (bicyclic) bond motifs is 1. The van der Waals surface area contributed by atoms with Gasteiger partial charge in [0.1, 0.15) is 5.25 Å². The highest BCUT2D eigenvalue weighted by molar-refractivity contribution is 8.15. The van der Waals surface area contributed by atoms with E-state index in [1.54, 1.807) is 6.08 Å². The maximum atomic E-state index is 13.0. The van der Waals surface area contributed by atoms with Gasteiger partial charge in [0, 0.05) is 36.2 Å². The summed E-state index contributed by atoms with van der Waals surface area (Å²) in [5.41, 5.74) is 1.10. The molecule has 9 heteroatoms. The number of non-ortho nitro benzene ring substituents is 1. The van der Waals surface area contributed by atoms with Gasteiger partial charge < -0.3 is 5.32 Å². The Morgan fingerprint density at radius 1 is 1.15 bits per heavy atom. The van der Waals surface area contributed by atoms with Gasteiger partial charge in [-0.1, -0.05) is 54.2 Å². The fourth-order valence-corrected chi connectivity index (χ4v) is 4.64. The number of thioether (sulfide) groups is 1. The van der Waals surface area contributed by atoms with Crippen molar-refractivity contribution in [2.24, 2.45) is 4.99 Å². The highest BCUT2D eigenvalue weighted by atomic mass is 32.2. The zero-order valence-electron chi connectivity index (χ0n) is 17.5. The minimum absolute atomic E-state index is 0.0529. The van der Waals surface area contributed by atoms with Crippen molar-refractivity contribution in [3.8, 4) is 0 Å². The Bertz CT molecular complexity index is 1270. The van der Waals surface area contributed by atoms with Gasteiger partial charge in [0.2, 0.25) is 11.8 Å². The summed E-state index contributed by atoms with van der Waals surface area (Å²) in [5.74, 6) is -0.572. The average molecular weight is 461 g/mol. The molecule has 3 aromatic carbocycles. The summed E-state index contributed by atoms with van der Waals surface area (Å²) >= 11 is 1.24. The Balaban J connectivity index is 1.52. The van der Waals surface area contributed by atoms with Crippen molar-refractivity contribution in [2.45, 2.75) is 11.7 Å². The van der Waals surface area contributed by atoms with Crippen LogP contribution in [0.5, 0.6) is 0 Å². The van der Waals surface area contributed by atoms with Crippen molar-refractivity contribution < 1.29 is 14.5 Å². The van der Waals surface area contributed by atoms with E-state index < -0.39 is 10.2 Å². The molecule has 1 fully saturated rings. The van der Waals surface area contributed by atoms with Crippen LogP contribution in [0.25, 0.3) is 10.8 Å². The van der Waals surface area contributed by atoms with Crippen molar-refractivity contribution in [3.63, 3.8) is 0 Å². The number of carbonyl (C=O) groups excluding carboxylic acids is 2. The molecule has 0 aromatic heterocycles. The van der Waals surface area contributed by atoms with Crippen LogP contribution in [-0.2, 0) is 9.59 Å². The molecule has 0 bridgehead atoms. The molecule has 0 saturated carbocycles. The van der Waals surface area contributed by atoms with Gasteiger partial charge in [-0.05, 0) is 23.6 Å². The van der Waals surface area contributed by atoms with E-state index in [2.05, 4.69) is 11.9 Å². The Kier molecular flexibility index (Phi) is 6.50. The number of nitro benzene ring substituents is 1. The Labute approximate surface area is 194 Å². The van der Waals surface area contributed by atoms with Gasteiger partial charge in [-0.15, -0.1) is 6.58 Å². The van der Waals surface area contributed by atoms with Crippen LogP contribution in [0.1, 0.15) is 6.42 Å². The van der Waals surface area contributed by atoms with E-state index in [4.69, 9.17) is 4.99 Å². The number of nitrogens with one attached hydrogen (secondary N) is 1. The van der Waals surface area contributed by atoms with Crippen LogP contribution in [0.2, 0.25) is 0 Å². The van der Waals surface area contributed by atoms with Crippen molar-refractivity contribution >= 4 is 56.6 Å². The summed E-state index contributed by atoms with van der Waals surface area (Å²) < 4.78 is 0. The SMILES string of the molecule is C=CCN1C(=O)C(CC(=O)Nc2ccc([N+](=O)[O-])cc2)SC1=Nc1cccc2ccccc12.